The number of methoxy groups -OCH3 is 1. The number of anilines is 1. The summed E-state index contributed by atoms with van der Waals surface area (Å²) in [5, 5.41) is 9.05. The summed E-state index contributed by atoms with van der Waals surface area (Å²) in [5.74, 6) is 2.59. The number of hydrogen-bond donors (Lipinski definition) is 0. The molecule has 1 fully saturated rings. The Labute approximate surface area is 202 Å². The lowest BCUT2D eigenvalue weighted by Crippen LogP contribution is -2.31. The van der Waals surface area contributed by atoms with Crippen molar-refractivity contribution in [2.24, 2.45) is 0 Å². The predicted molar refractivity (Wildman–Crippen MR) is 129 cm³/mol. The number of imidazole rings is 1. The SMILES string of the molecule is COc1cc(N2C(=O)c3nc(C4CC4)n(C(C)C)c3C2c2ccc(Cl)cc2)cn2c(C)nnc12. The molecule has 3 aromatic heterocycles. The van der Waals surface area contributed by atoms with Crippen LogP contribution < -0.4 is 9.64 Å². The van der Waals surface area contributed by atoms with E-state index in [1.54, 1.807) is 12.0 Å². The summed E-state index contributed by atoms with van der Waals surface area (Å²) in [6.07, 6.45) is 4.13. The van der Waals surface area contributed by atoms with Crippen LogP contribution in [0, 0.1) is 6.92 Å². The Balaban J connectivity index is 1.60. The highest BCUT2D eigenvalue weighted by Crippen LogP contribution is 2.48. The number of fused-ring (bicyclic) bond motifs is 2. The monoisotopic (exact) mass is 476 g/mol. The van der Waals surface area contributed by atoms with Crippen molar-refractivity contribution < 1.29 is 9.53 Å². The molecule has 1 aliphatic heterocycles. The van der Waals surface area contributed by atoms with Gasteiger partial charge in [0.15, 0.2) is 11.4 Å². The molecule has 4 aromatic rings. The van der Waals surface area contributed by atoms with Crippen molar-refractivity contribution in [2.75, 3.05) is 12.0 Å². The number of rotatable bonds is 5. The van der Waals surface area contributed by atoms with Crippen molar-refractivity contribution in [1.82, 2.24) is 24.1 Å². The molecule has 0 saturated heterocycles. The summed E-state index contributed by atoms with van der Waals surface area (Å²) in [7, 11) is 1.59. The van der Waals surface area contributed by atoms with E-state index in [0.29, 0.717) is 39.5 Å². The van der Waals surface area contributed by atoms with Gasteiger partial charge in [0.1, 0.15) is 17.7 Å². The zero-order valence-corrected chi connectivity index (χ0v) is 20.2. The van der Waals surface area contributed by atoms with Gasteiger partial charge in [-0.2, -0.15) is 0 Å². The first-order valence-electron chi connectivity index (χ1n) is 11.5. The summed E-state index contributed by atoms with van der Waals surface area (Å²) >= 11 is 6.21. The standard InChI is InChI=1S/C25H25ClN6O2/c1-13(2)31-22-20(27-23(31)16-5-6-16)25(33)32(21(22)15-7-9-17(26)10-8-15)18-11-19(34-4)24-29-28-14(3)30(24)12-18/h7-13,16,21H,5-6H2,1-4H3. The normalized spacial score (nSPS) is 17.8. The molecule has 9 heteroatoms. The number of carbonyl (C=O) groups is 1. The quantitative estimate of drug-likeness (QED) is 0.400. The molecule has 1 unspecified atom stereocenters. The van der Waals surface area contributed by atoms with Crippen LogP contribution in [-0.2, 0) is 0 Å². The molecule has 2 aliphatic rings. The van der Waals surface area contributed by atoms with Crippen molar-refractivity contribution in [2.45, 2.75) is 51.6 Å². The van der Waals surface area contributed by atoms with E-state index in [4.69, 9.17) is 21.3 Å². The summed E-state index contributed by atoms with van der Waals surface area (Å²) < 4.78 is 9.73. The van der Waals surface area contributed by atoms with E-state index in [1.165, 1.54) is 0 Å². The Morgan fingerprint density at radius 2 is 1.88 bits per heavy atom. The minimum absolute atomic E-state index is 0.122. The molecule has 0 radical (unpaired) electrons. The van der Waals surface area contributed by atoms with Crippen LogP contribution in [-0.4, -0.2) is 37.2 Å². The van der Waals surface area contributed by atoms with E-state index in [1.807, 2.05) is 47.9 Å². The third-order valence-corrected chi connectivity index (χ3v) is 6.94. The van der Waals surface area contributed by atoms with E-state index in [-0.39, 0.29) is 18.0 Å². The minimum Gasteiger partial charge on any atom is -0.493 e. The fraction of sp³-hybridized carbons (Fsp3) is 0.360. The number of pyridine rings is 1. The highest BCUT2D eigenvalue weighted by atomic mass is 35.5. The van der Waals surface area contributed by atoms with E-state index < -0.39 is 0 Å². The fourth-order valence-electron chi connectivity index (χ4n) is 4.97. The Bertz CT molecular complexity index is 1430. The summed E-state index contributed by atoms with van der Waals surface area (Å²) in [6, 6.07) is 9.37. The zero-order valence-electron chi connectivity index (χ0n) is 19.5. The Morgan fingerprint density at radius 3 is 2.53 bits per heavy atom. The van der Waals surface area contributed by atoms with Crippen LogP contribution in [0.1, 0.15) is 78.1 Å². The number of amides is 1. The molecule has 1 saturated carbocycles. The van der Waals surface area contributed by atoms with E-state index >= 15 is 0 Å². The maximum absolute atomic E-state index is 14.0. The lowest BCUT2D eigenvalue weighted by atomic mass is 10.0. The maximum Gasteiger partial charge on any atom is 0.279 e. The van der Waals surface area contributed by atoms with Crippen LogP contribution in [0.2, 0.25) is 5.02 Å². The molecular weight excluding hydrogens is 452 g/mol. The van der Waals surface area contributed by atoms with E-state index in [2.05, 4.69) is 28.6 Å². The smallest absolute Gasteiger partial charge is 0.279 e. The first-order valence-corrected chi connectivity index (χ1v) is 11.9. The van der Waals surface area contributed by atoms with E-state index in [0.717, 1.165) is 29.9 Å². The molecule has 0 spiro atoms. The van der Waals surface area contributed by atoms with Crippen molar-refractivity contribution in [3.8, 4) is 5.75 Å². The molecule has 0 N–H and O–H groups in total. The van der Waals surface area contributed by atoms with Crippen LogP contribution >= 0.6 is 11.6 Å². The van der Waals surface area contributed by atoms with Gasteiger partial charge in [-0.05, 0) is 51.3 Å². The molecular formula is C25H25ClN6O2. The third kappa shape index (κ3) is 3.05. The third-order valence-electron chi connectivity index (χ3n) is 6.68. The Morgan fingerprint density at radius 1 is 1.15 bits per heavy atom. The maximum atomic E-state index is 14.0. The van der Waals surface area contributed by atoms with Crippen molar-refractivity contribution in [3.05, 3.63) is 70.2 Å². The number of nitrogens with zero attached hydrogens (tertiary/aromatic N) is 6. The highest BCUT2D eigenvalue weighted by molar-refractivity contribution is 6.30. The first kappa shape index (κ1) is 21.2. The Hall–Kier alpha value is -3.39. The van der Waals surface area contributed by atoms with Crippen LogP contribution in [0.3, 0.4) is 0 Å². The van der Waals surface area contributed by atoms with Gasteiger partial charge in [-0.1, -0.05) is 23.7 Å². The largest absolute Gasteiger partial charge is 0.493 e. The number of aryl methyl sites for hydroxylation is 1. The second kappa shape index (κ2) is 7.56. The molecule has 4 heterocycles. The molecule has 1 amide bonds. The number of benzene rings is 1. The van der Waals surface area contributed by atoms with Gasteiger partial charge in [-0.25, -0.2) is 4.98 Å². The topological polar surface area (TPSA) is 77.5 Å². The van der Waals surface area contributed by atoms with Crippen LogP contribution in [0.15, 0.2) is 36.5 Å². The van der Waals surface area contributed by atoms with Crippen molar-refractivity contribution in [3.63, 3.8) is 0 Å². The minimum atomic E-state index is -0.346. The second-order valence-corrected chi connectivity index (χ2v) is 9.72. The van der Waals surface area contributed by atoms with Gasteiger partial charge in [-0.3, -0.25) is 14.1 Å². The zero-order chi connectivity index (χ0) is 23.7. The number of halogens is 1. The Kier molecular flexibility index (Phi) is 4.71. The molecule has 1 aliphatic carbocycles. The number of ether oxygens (including phenoxy) is 1. The van der Waals surface area contributed by atoms with E-state index in [9.17, 15) is 4.79 Å². The van der Waals surface area contributed by atoms with Gasteiger partial charge in [0, 0.05) is 29.2 Å². The average molecular weight is 477 g/mol. The van der Waals surface area contributed by atoms with Crippen LogP contribution in [0.5, 0.6) is 5.75 Å². The van der Waals surface area contributed by atoms with Crippen molar-refractivity contribution in [1.29, 1.82) is 0 Å². The van der Waals surface area contributed by atoms with Crippen molar-refractivity contribution >= 4 is 28.8 Å². The van der Waals surface area contributed by atoms with Gasteiger partial charge in [0.05, 0.1) is 18.5 Å². The fourth-order valence-corrected chi connectivity index (χ4v) is 5.09. The molecule has 174 valence electrons. The molecule has 6 rings (SSSR count). The van der Waals surface area contributed by atoms with Crippen LogP contribution in [0.25, 0.3) is 5.65 Å². The molecule has 34 heavy (non-hydrogen) atoms. The van der Waals surface area contributed by atoms with Gasteiger partial charge in [0.2, 0.25) is 5.65 Å². The van der Waals surface area contributed by atoms with Gasteiger partial charge < -0.3 is 9.30 Å². The molecule has 8 nitrogen and oxygen atoms in total. The summed E-state index contributed by atoms with van der Waals surface area (Å²) in [4.78, 5) is 20.7. The second-order valence-electron chi connectivity index (χ2n) is 9.28. The summed E-state index contributed by atoms with van der Waals surface area (Å²) in [6.45, 7) is 6.17. The highest BCUT2D eigenvalue weighted by Gasteiger charge is 2.46. The van der Waals surface area contributed by atoms with Gasteiger partial charge in [0.25, 0.3) is 5.91 Å². The number of aromatic nitrogens is 5. The summed E-state index contributed by atoms with van der Waals surface area (Å²) in [5.41, 5.74) is 3.73. The predicted octanol–water partition coefficient (Wildman–Crippen LogP) is 5.10. The first-order chi connectivity index (χ1) is 16.4. The number of hydrogen-bond acceptors (Lipinski definition) is 5. The molecule has 0 bridgehead atoms. The van der Waals surface area contributed by atoms with Gasteiger partial charge >= 0.3 is 0 Å². The number of carbonyl (C=O) groups excluding carboxylic acids is 1. The molecule has 1 atom stereocenters. The lowest BCUT2D eigenvalue weighted by molar-refractivity contribution is 0.0989. The molecule has 1 aromatic carbocycles. The average Bonchev–Trinajstić information content (AvgIpc) is 3.40. The lowest BCUT2D eigenvalue weighted by Gasteiger charge is -2.28. The van der Waals surface area contributed by atoms with Gasteiger partial charge in [-0.15, -0.1) is 10.2 Å². The van der Waals surface area contributed by atoms with Crippen LogP contribution in [0.4, 0.5) is 5.69 Å².